The van der Waals surface area contributed by atoms with Crippen molar-refractivity contribution in [3.8, 4) is 0 Å². The van der Waals surface area contributed by atoms with E-state index >= 15 is 0 Å². The fraction of sp³-hybridized carbons (Fsp3) is 0.667. The van der Waals surface area contributed by atoms with Crippen molar-refractivity contribution in [3.63, 3.8) is 0 Å². The van der Waals surface area contributed by atoms with Crippen LogP contribution in [0.5, 0.6) is 0 Å². The van der Waals surface area contributed by atoms with Crippen molar-refractivity contribution in [1.82, 2.24) is 0 Å². The second-order valence-electron chi connectivity index (χ2n) is 2.42. The molecule has 0 heterocycles. The average molecular weight is 138 g/mol. The third kappa shape index (κ3) is 1.73. The summed E-state index contributed by atoms with van der Waals surface area (Å²) in [6, 6.07) is 0. The van der Waals surface area contributed by atoms with Gasteiger partial charge in [-0.25, -0.2) is 0 Å². The first-order valence-corrected chi connectivity index (χ1v) is 2.51. The Kier molecular flexibility index (Phi) is 1.94. The summed E-state index contributed by atoms with van der Waals surface area (Å²) in [5.74, 6) is 0. The zero-order valence-corrected chi connectivity index (χ0v) is 5.42. The highest BCUT2D eigenvalue weighted by molar-refractivity contribution is 4.92. The summed E-state index contributed by atoms with van der Waals surface area (Å²) in [4.78, 5) is 0. The summed E-state index contributed by atoms with van der Waals surface area (Å²) in [5.41, 5.74) is -1.76. The van der Waals surface area contributed by atoms with Crippen LogP contribution in [-0.2, 0) is 0 Å². The fourth-order valence-corrected chi connectivity index (χ4v) is 0.116. The third-order valence-electron chi connectivity index (χ3n) is 1.24. The van der Waals surface area contributed by atoms with Crippen LogP contribution in [0, 0.1) is 5.41 Å². The summed E-state index contributed by atoms with van der Waals surface area (Å²) in [6.07, 6.45) is -3.28. The Morgan fingerprint density at radius 2 is 1.56 bits per heavy atom. The van der Waals surface area contributed by atoms with Crippen LogP contribution in [0.3, 0.4) is 0 Å². The first-order chi connectivity index (χ1) is 3.81. The number of allylic oxidation sites excluding steroid dienone is 1. The summed E-state index contributed by atoms with van der Waals surface area (Å²) < 4.78 is 35.3. The van der Waals surface area contributed by atoms with Gasteiger partial charge in [0.1, 0.15) is 0 Å². The first-order valence-electron chi connectivity index (χ1n) is 2.51. The number of hydrogen-bond acceptors (Lipinski definition) is 0. The highest BCUT2D eigenvalue weighted by Gasteiger charge is 2.44. The van der Waals surface area contributed by atoms with Crippen molar-refractivity contribution >= 4 is 0 Å². The van der Waals surface area contributed by atoms with Gasteiger partial charge >= 0.3 is 6.18 Å². The van der Waals surface area contributed by atoms with E-state index in [0.29, 0.717) is 0 Å². The number of rotatable bonds is 1. The summed E-state index contributed by atoms with van der Waals surface area (Å²) in [6.45, 7) is 5.25. The van der Waals surface area contributed by atoms with E-state index < -0.39 is 11.6 Å². The topological polar surface area (TPSA) is 0 Å². The number of halogens is 3. The monoisotopic (exact) mass is 138 g/mol. The van der Waals surface area contributed by atoms with Gasteiger partial charge in [-0.2, -0.15) is 13.2 Å². The zero-order chi connectivity index (χ0) is 7.71. The van der Waals surface area contributed by atoms with E-state index in [1.165, 1.54) is 0 Å². The molecule has 0 aromatic carbocycles. The quantitative estimate of drug-likeness (QED) is 0.489. The molecule has 0 rings (SSSR count). The maximum Gasteiger partial charge on any atom is 0.397 e. The van der Waals surface area contributed by atoms with Crippen molar-refractivity contribution in [1.29, 1.82) is 0 Å². The Hall–Kier alpha value is -0.470. The predicted molar refractivity (Wildman–Crippen MR) is 30.0 cm³/mol. The maximum absolute atomic E-state index is 11.8. The highest BCUT2D eigenvalue weighted by atomic mass is 19.4. The Bertz CT molecular complexity index is 110. The van der Waals surface area contributed by atoms with Gasteiger partial charge in [-0.15, -0.1) is 6.58 Å². The minimum atomic E-state index is -4.17. The number of alkyl halides is 3. The van der Waals surface area contributed by atoms with Crippen LogP contribution in [0.4, 0.5) is 13.2 Å². The molecule has 54 valence electrons. The minimum Gasteiger partial charge on any atom is -0.170 e. The molecule has 0 aliphatic heterocycles. The lowest BCUT2D eigenvalue weighted by Gasteiger charge is -2.22. The molecule has 0 aliphatic carbocycles. The number of hydrogen-bond donors (Lipinski definition) is 0. The van der Waals surface area contributed by atoms with Crippen LogP contribution in [0.25, 0.3) is 0 Å². The molecule has 0 amide bonds. The standard InChI is InChI=1S/C6H9F3/c1-4-5(2,3)6(7,8)9/h4H,1H2,2-3H3. The molecule has 0 radical (unpaired) electrons. The molecule has 0 bridgehead atoms. The van der Waals surface area contributed by atoms with Crippen LogP contribution in [-0.4, -0.2) is 6.18 Å². The van der Waals surface area contributed by atoms with Gasteiger partial charge in [-0.1, -0.05) is 6.08 Å². The van der Waals surface area contributed by atoms with E-state index in [4.69, 9.17) is 0 Å². The van der Waals surface area contributed by atoms with Crippen LogP contribution >= 0.6 is 0 Å². The molecule has 0 saturated heterocycles. The van der Waals surface area contributed by atoms with Crippen molar-refractivity contribution in [3.05, 3.63) is 12.7 Å². The Morgan fingerprint density at radius 3 is 1.56 bits per heavy atom. The minimum absolute atomic E-state index is 0.896. The normalized spacial score (nSPS) is 13.4. The molecule has 9 heavy (non-hydrogen) atoms. The van der Waals surface area contributed by atoms with Gasteiger partial charge in [-0.3, -0.25) is 0 Å². The SMILES string of the molecule is C=CC(C)(C)C(F)(F)F. The Balaban J connectivity index is 4.32. The lowest BCUT2D eigenvalue weighted by molar-refractivity contribution is -0.193. The smallest absolute Gasteiger partial charge is 0.170 e. The maximum atomic E-state index is 11.8. The molecule has 0 aromatic heterocycles. The first kappa shape index (κ1) is 8.53. The van der Waals surface area contributed by atoms with Crippen LogP contribution in [0.15, 0.2) is 12.7 Å². The van der Waals surface area contributed by atoms with E-state index in [9.17, 15) is 13.2 Å². The van der Waals surface area contributed by atoms with Gasteiger partial charge < -0.3 is 0 Å². The van der Waals surface area contributed by atoms with Crippen molar-refractivity contribution in [2.45, 2.75) is 20.0 Å². The molecule has 0 N–H and O–H groups in total. The predicted octanol–water partition coefficient (Wildman–Crippen LogP) is 2.76. The molecule has 0 nitrogen and oxygen atoms in total. The summed E-state index contributed by atoms with van der Waals surface area (Å²) in [7, 11) is 0. The Morgan fingerprint density at radius 1 is 1.22 bits per heavy atom. The summed E-state index contributed by atoms with van der Waals surface area (Å²) in [5, 5.41) is 0. The van der Waals surface area contributed by atoms with Gasteiger partial charge in [-0.05, 0) is 13.8 Å². The van der Waals surface area contributed by atoms with Crippen molar-refractivity contribution in [2.24, 2.45) is 5.41 Å². The molecular weight excluding hydrogens is 129 g/mol. The van der Waals surface area contributed by atoms with E-state index in [0.717, 1.165) is 19.9 Å². The molecule has 0 unspecified atom stereocenters. The van der Waals surface area contributed by atoms with E-state index in [2.05, 4.69) is 6.58 Å². The molecule has 0 atom stereocenters. The van der Waals surface area contributed by atoms with Crippen molar-refractivity contribution in [2.75, 3.05) is 0 Å². The Labute approximate surface area is 52.4 Å². The molecule has 0 aromatic rings. The second-order valence-corrected chi connectivity index (χ2v) is 2.42. The molecule has 0 saturated carbocycles. The lowest BCUT2D eigenvalue weighted by Crippen LogP contribution is -2.29. The van der Waals surface area contributed by atoms with Crippen molar-refractivity contribution < 1.29 is 13.2 Å². The van der Waals surface area contributed by atoms with Gasteiger partial charge in [0.15, 0.2) is 0 Å². The third-order valence-corrected chi connectivity index (χ3v) is 1.24. The van der Waals surface area contributed by atoms with E-state index in [-0.39, 0.29) is 0 Å². The molecule has 0 aliphatic rings. The van der Waals surface area contributed by atoms with Crippen LogP contribution in [0.1, 0.15) is 13.8 Å². The van der Waals surface area contributed by atoms with E-state index in [1.807, 2.05) is 0 Å². The molecule has 3 heteroatoms. The van der Waals surface area contributed by atoms with Crippen LogP contribution in [0.2, 0.25) is 0 Å². The highest BCUT2D eigenvalue weighted by Crippen LogP contribution is 2.37. The average Bonchev–Trinajstić information content (AvgIpc) is 1.64. The van der Waals surface area contributed by atoms with Gasteiger partial charge in [0.2, 0.25) is 0 Å². The molecular formula is C6H9F3. The summed E-state index contributed by atoms with van der Waals surface area (Å²) >= 11 is 0. The van der Waals surface area contributed by atoms with Gasteiger partial charge in [0, 0.05) is 0 Å². The molecule has 0 fully saturated rings. The van der Waals surface area contributed by atoms with Gasteiger partial charge in [0.05, 0.1) is 5.41 Å². The van der Waals surface area contributed by atoms with Crippen LogP contribution < -0.4 is 0 Å². The largest absolute Gasteiger partial charge is 0.397 e. The van der Waals surface area contributed by atoms with Gasteiger partial charge in [0.25, 0.3) is 0 Å². The lowest BCUT2D eigenvalue weighted by atomic mass is 9.93. The van der Waals surface area contributed by atoms with E-state index in [1.54, 1.807) is 0 Å². The zero-order valence-electron chi connectivity index (χ0n) is 5.42. The second kappa shape index (κ2) is 2.05. The fourth-order valence-electron chi connectivity index (χ4n) is 0.116. The molecule has 0 spiro atoms.